The Morgan fingerprint density at radius 3 is 2.59 bits per heavy atom. The molecular formula is C23H18N4O7. The topological polar surface area (TPSA) is 144 Å². The van der Waals surface area contributed by atoms with Crippen LogP contribution >= 0.6 is 0 Å². The van der Waals surface area contributed by atoms with E-state index in [1.165, 1.54) is 25.3 Å². The van der Waals surface area contributed by atoms with Crippen LogP contribution in [0.5, 0.6) is 5.75 Å². The third-order valence-corrected chi connectivity index (χ3v) is 4.92. The molecule has 4 amide bonds. The summed E-state index contributed by atoms with van der Waals surface area (Å²) in [5.41, 5.74) is 0.908. The maximum atomic E-state index is 12.7. The highest BCUT2D eigenvalue weighted by Gasteiger charge is 2.35. The van der Waals surface area contributed by atoms with Gasteiger partial charge < -0.3 is 19.8 Å². The van der Waals surface area contributed by atoms with E-state index in [0.717, 1.165) is 4.90 Å². The average Bonchev–Trinajstić information content (AvgIpc) is 3.40. The number of benzene rings is 2. The van der Waals surface area contributed by atoms with E-state index in [9.17, 15) is 24.5 Å². The monoisotopic (exact) mass is 462 g/mol. The Bertz CT molecular complexity index is 1310. The summed E-state index contributed by atoms with van der Waals surface area (Å²) in [6.07, 6.45) is 1.34. The van der Waals surface area contributed by atoms with Gasteiger partial charge in [0.05, 0.1) is 17.7 Å². The standard InChI is InChI=1S/C23H18N4O7/c1-33-20-5-3-2-4-17(20)24-21(28)13-26-22(29)18(25-23(26)30)12-16-10-11-19(34-16)14-6-8-15(9-7-14)27(31)32/h2-12H,13H2,1H3,(H,24,28)(H,25,30)/b18-12-. The molecule has 0 radical (unpaired) electrons. The quantitative estimate of drug-likeness (QED) is 0.237. The molecule has 0 aliphatic carbocycles. The number of amides is 4. The summed E-state index contributed by atoms with van der Waals surface area (Å²) in [6.45, 7) is -0.494. The molecule has 1 fully saturated rings. The third kappa shape index (κ3) is 4.63. The lowest BCUT2D eigenvalue weighted by Gasteiger charge is -2.13. The number of imide groups is 1. The van der Waals surface area contributed by atoms with Gasteiger partial charge in [-0.2, -0.15) is 0 Å². The van der Waals surface area contributed by atoms with Gasteiger partial charge in [0.25, 0.3) is 11.6 Å². The van der Waals surface area contributed by atoms with Crippen LogP contribution in [0.1, 0.15) is 5.76 Å². The van der Waals surface area contributed by atoms with Crippen molar-refractivity contribution in [2.24, 2.45) is 0 Å². The van der Waals surface area contributed by atoms with Crippen molar-refractivity contribution in [3.05, 3.63) is 82.2 Å². The van der Waals surface area contributed by atoms with E-state index in [1.54, 1.807) is 48.5 Å². The van der Waals surface area contributed by atoms with Crippen LogP contribution in [0.3, 0.4) is 0 Å². The molecule has 2 N–H and O–H groups in total. The van der Waals surface area contributed by atoms with Crippen LogP contribution < -0.4 is 15.4 Å². The highest BCUT2D eigenvalue weighted by Crippen LogP contribution is 2.26. The normalized spacial score (nSPS) is 14.3. The molecule has 0 unspecified atom stereocenters. The van der Waals surface area contributed by atoms with Gasteiger partial charge in [0.2, 0.25) is 5.91 Å². The molecule has 11 heteroatoms. The Balaban J connectivity index is 1.44. The maximum absolute atomic E-state index is 12.7. The number of hydrogen-bond acceptors (Lipinski definition) is 7. The van der Waals surface area contributed by atoms with Crippen molar-refractivity contribution in [1.29, 1.82) is 0 Å². The molecule has 1 aliphatic heterocycles. The molecule has 34 heavy (non-hydrogen) atoms. The van der Waals surface area contributed by atoms with E-state index in [-0.39, 0.29) is 17.1 Å². The Hall–Kier alpha value is -4.93. The number of methoxy groups -OCH3 is 1. The first-order valence-electron chi connectivity index (χ1n) is 9.98. The van der Waals surface area contributed by atoms with Gasteiger partial charge in [-0.25, -0.2) is 9.69 Å². The van der Waals surface area contributed by atoms with E-state index in [4.69, 9.17) is 9.15 Å². The molecule has 0 spiro atoms. The van der Waals surface area contributed by atoms with Crippen molar-refractivity contribution < 1.29 is 28.5 Å². The number of hydrogen-bond donors (Lipinski definition) is 2. The second kappa shape index (κ2) is 9.28. The molecule has 4 rings (SSSR count). The predicted octanol–water partition coefficient (Wildman–Crippen LogP) is 3.39. The molecule has 3 aromatic rings. The van der Waals surface area contributed by atoms with Gasteiger partial charge in [-0.15, -0.1) is 0 Å². The number of anilines is 1. The van der Waals surface area contributed by atoms with Crippen LogP contribution in [0, 0.1) is 10.1 Å². The summed E-state index contributed by atoms with van der Waals surface area (Å²) in [5.74, 6) is -0.125. The molecule has 2 heterocycles. The lowest BCUT2D eigenvalue weighted by molar-refractivity contribution is -0.384. The van der Waals surface area contributed by atoms with Crippen LogP contribution in [0.2, 0.25) is 0 Å². The van der Waals surface area contributed by atoms with Crippen LogP contribution in [0.4, 0.5) is 16.2 Å². The fourth-order valence-corrected chi connectivity index (χ4v) is 3.27. The zero-order valence-electron chi connectivity index (χ0n) is 17.8. The Kier molecular flexibility index (Phi) is 6.08. The lowest BCUT2D eigenvalue weighted by Crippen LogP contribution is -2.38. The predicted molar refractivity (Wildman–Crippen MR) is 121 cm³/mol. The van der Waals surface area contributed by atoms with E-state index < -0.39 is 29.3 Å². The zero-order chi connectivity index (χ0) is 24.2. The summed E-state index contributed by atoms with van der Waals surface area (Å²) in [4.78, 5) is 48.4. The first kappa shape index (κ1) is 22.3. The lowest BCUT2D eigenvalue weighted by atomic mass is 10.1. The van der Waals surface area contributed by atoms with Gasteiger partial charge >= 0.3 is 6.03 Å². The number of rotatable bonds is 7. The number of ether oxygens (including phenoxy) is 1. The second-order valence-corrected chi connectivity index (χ2v) is 7.13. The number of non-ortho nitro benzene ring substituents is 1. The van der Waals surface area contributed by atoms with Crippen molar-refractivity contribution in [2.75, 3.05) is 19.0 Å². The molecular weight excluding hydrogens is 444 g/mol. The maximum Gasteiger partial charge on any atom is 0.329 e. The minimum absolute atomic E-state index is 0.0493. The largest absolute Gasteiger partial charge is 0.495 e. The van der Waals surface area contributed by atoms with Gasteiger partial charge in [0, 0.05) is 23.8 Å². The van der Waals surface area contributed by atoms with E-state index in [1.807, 2.05) is 0 Å². The average molecular weight is 462 g/mol. The second-order valence-electron chi connectivity index (χ2n) is 7.13. The minimum atomic E-state index is -0.742. The SMILES string of the molecule is COc1ccccc1NC(=O)CN1C(=O)N/C(=C\c2ccc(-c3ccc([N+](=O)[O-])cc3)o2)C1=O. The molecule has 11 nitrogen and oxygen atoms in total. The van der Waals surface area contributed by atoms with E-state index in [2.05, 4.69) is 10.6 Å². The highest BCUT2D eigenvalue weighted by atomic mass is 16.6. The summed E-state index contributed by atoms with van der Waals surface area (Å²) in [7, 11) is 1.46. The summed E-state index contributed by atoms with van der Waals surface area (Å²) < 4.78 is 10.8. The molecule has 172 valence electrons. The Labute approximate surface area is 192 Å². The molecule has 1 aromatic heterocycles. The minimum Gasteiger partial charge on any atom is -0.495 e. The third-order valence-electron chi connectivity index (χ3n) is 4.92. The van der Waals surface area contributed by atoms with Gasteiger partial charge in [0.1, 0.15) is 29.5 Å². The first-order valence-corrected chi connectivity index (χ1v) is 9.98. The molecule has 0 bridgehead atoms. The molecule has 2 aromatic carbocycles. The van der Waals surface area contributed by atoms with Crippen molar-refractivity contribution >= 4 is 35.3 Å². The van der Waals surface area contributed by atoms with Crippen molar-refractivity contribution in [1.82, 2.24) is 10.2 Å². The Morgan fingerprint density at radius 2 is 1.88 bits per heavy atom. The number of carbonyl (C=O) groups excluding carboxylic acids is 3. The van der Waals surface area contributed by atoms with Crippen molar-refractivity contribution in [2.45, 2.75) is 0 Å². The van der Waals surface area contributed by atoms with Gasteiger partial charge in [0.15, 0.2) is 0 Å². The van der Waals surface area contributed by atoms with Crippen LogP contribution in [0.25, 0.3) is 17.4 Å². The van der Waals surface area contributed by atoms with Crippen LogP contribution in [-0.2, 0) is 9.59 Å². The van der Waals surface area contributed by atoms with Crippen molar-refractivity contribution in [3.8, 4) is 17.1 Å². The summed E-state index contributed by atoms with van der Waals surface area (Å²) in [6, 6.07) is 15.0. The number of nitrogens with one attached hydrogen (secondary N) is 2. The number of nitrogens with zero attached hydrogens (tertiary/aromatic N) is 2. The number of nitro benzene ring substituents is 1. The number of para-hydroxylation sites is 2. The van der Waals surface area contributed by atoms with Gasteiger partial charge in [-0.1, -0.05) is 12.1 Å². The zero-order valence-corrected chi connectivity index (χ0v) is 17.8. The number of urea groups is 1. The summed E-state index contributed by atoms with van der Waals surface area (Å²) in [5, 5.41) is 15.8. The highest BCUT2D eigenvalue weighted by molar-refractivity contribution is 6.15. The number of carbonyl (C=O) groups is 3. The molecule has 0 saturated carbocycles. The Morgan fingerprint density at radius 1 is 1.15 bits per heavy atom. The molecule has 1 aliphatic rings. The van der Waals surface area contributed by atoms with Gasteiger partial charge in [-0.3, -0.25) is 19.7 Å². The fraction of sp³-hybridized carbons (Fsp3) is 0.0870. The van der Waals surface area contributed by atoms with Gasteiger partial charge in [-0.05, 0) is 36.4 Å². The fourth-order valence-electron chi connectivity index (χ4n) is 3.27. The smallest absolute Gasteiger partial charge is 0.329 e. The summed E-state index contributed by atoms with van der Waals surface area (Å²) >= 11 is 0. The van der Waals surface area contributed by atoms with Crippen LogP contribution in [-0.4, -0.2) is 41.3 Å². The number of furan rings is 1. The molecule has 1 saturated heterocycles. The van der Waals surface area contributed by atoms with Crippen LogP contribution in [0.15, 0.2) is 70.8 Å². The number of nitro groups is 1. The first-order chi connectivity index (χ1) is 16.4. The van der Waals surface area contributed by atoms with E-state index in [0.29, 0.717) is 22.8 Å². The van der Waals surface area contributed by atoms with E-state index >= 15 is 0 Å². The molecule has 0 atom stereocenters. The van der Waals surface area contributed by atoms with Crippen molar-refractivity contribution in [3.63, 3.8) is 0 Å².